The fraction of sp³-hybridized carbons (Fsp3) is 0.316. The third kappa shape index (κ3) is 4.62. The lowest BCUT2D eigenvalue weighted by Crippen LogP contribution is -2.21. The fourth-order valence-corrected chi connectivity index (χ4v) is 2.38. The van der Waals surface area contributed by atoms with Crippen molar-refractivity contribution in [3.05, 3.63) is 60.2 Å². The number of benzene rings is 2. The summed E-state index contributed by atoms with van der Waals surface area (Å²) in [7, 11) is 0. The highest BCUT2D eigenvalue weighted by atomic mass is 16.1. The van der Waals surface area contributed by atoms with E-state index in [-0.39, 0.29) is 11.8 Å². The molecule has 0 saturated heterocycles. The highest BCUT2D eigenvalue weighted by Gasteiger charge is 2.13. The minimum Gasteiger partial charge on any atom is -0.381 e. The molecule has 0 aromatic heterocycles. The normalized spacial score (nSPS) is 10.5. The number of rotatable bonds is 7. The van der Waals surface area contributed by atoms with Gasteiger partial charge in [-0.1, -0.05) is 44.2 Å². The molecule has 3 heteroatoms. The molecule has 0 atom stereocenters. The first-order valence-electron chi connectivity index (χ1n) is 7.91. The average Bonchev–Trinajstić information content (AvgIpc) is 2.56. The van der Waals surface area contributed by atoms with Crippen LogP contribution in [-0.2, 0) is 11.3 Å². The number of carbonyl (C=O) groups is 1. The van der Waals surface area contributed by atoms with Crippen molar-refractivity contribution >= 4 is 17.3 Å². The Morgan fingerprint density at radius 2 is 1.50 bits per heavy atom. The van der Waals surface area contributed by atoms with Crippen molar-refractivity contribution in [3.63, 3.8) is 0 Å². The molecule has 2 rings (SSSR count). The fourth-order valence-electron chi connectivity index (χ4n) is 2.38. The van der Waals surface area contributed by atoms with Gasteiger partial charge in [0, 0.05) is 23.8 Å². The summed E-state index contributed by atoms with van der Waals surface area (Å²) in [5, 5.41) is 6.35. The molecule has 22 heavy (non-hydrogen) atoms. The topological polar surface area (TPSA) is 41.1 Å². The molecule has 0 aliphatic heterocycles. The number of hydrogen-bond donors (Lipinski definition) is 2. The van der Waals surface area contributed by atoms with Gasteiger partial charge in [-0.15, -0.1) is 0 Å². The second kappa shape index (κ2) is 8.23. The van der Waals surface area contributed by atoms with Gasteiger partial charge in [-0.25, -0.2) is 0 Å². The smallest absolute Gasteiger partial charge is 0.227 e. The van der Waals surface area contributed by atoms with Crippen LogP contribution in [0.5, 0.6) is 0 Å². The molecule has 0 fully saturated rings. The van der Waals surface area contributed by atoms with E-state index in [9.17, 15) is 4.79 Å². The number of anilines is 2. The summed E-state index contributed by atoms with van der Waals surface area (Å²) in [5.74, 6) is 0.200. The standard InChI is InChI=1S/C19H24N2O/c1-3-16(4-2)19(22)21-18-12-10-17(11-13-18)20-14-15-8-6-5-7-9-15/h5-13,16,20H,3-4,14H2,1-2H3,(H,21,22). The molecule has 3 nitrogen and oxygen atoms in total. The summed E-state index contributed by atoms with van der Waals surface area (Å²) in [6.45, 7) is 4.88. The van der Waals surface area contributed by atoms with Crippen LogP contribution in [0, 0.1) is 5.92 Å². The van der Waals surface area contributed by atoms with Gasteiger partial charge in [0.2, 0.25) is 5.91 Å². The maximum absolute atomic E-state index is 12.0. The first-order valence-corrected chi connectivity index (χ1v) is 7.91. The zero-order valence-corrected chi connectivity index (χ0v) is 13.3. The molecular weight excluding hydrogens is 272 g/mol. The Morgan fingerprint density at radius 3 is 2.09 bits per heavy atom. The number of nitrogens with one attached hydrogen (secondary N) is 2. The second-order valence-corrected chi connectivity index (χ2v) is 5.42. The van der Waals surface area contributed by atoms with Crippen LogP contribution in [0.3, 0.4) is 0 Å². The van der Waals surface area contributed by atoms with Crippen LogP contribution < -0.4 is 10.6 Å². The number of hydrogen-bond acceptors (Lipinski definition) is 2. The maximum atomic E-state index is 12.0. The summed E-state index contributed by atoms with van der Waals surface area (Å²) < 4.78 is 0. The van der Waals surface area contributed by atoms with E-state index in [1.807, 2.05) is 56.3 Å². The van der Waals surface area contributed by atoms with Gasteiger partial charge in [0.15, 0.2) is 0 Å². The van der Waals surface area contributed by atoms with Gasteiger partial charge in [0.25, 0.3) is 0 Å². The van der Waals surface area contributed by atoms with Gasteiger partial charge in [0.1, 0.15) is 0 Å². The predicted octanol–water partition coefficient (Wildman–Crippen LogP) is 4.67. The van der Waals surface area contributed by atoms with Crippen molar-refractivity contribution in [2.45, 2.75) is 33.2 Å². The second-order valence-electron chi connectivity index (χ2n) is 5.42. The Balaban J connectivity index is 1.89. The molecule has 0 heterocycles. The minimum absolute atomic E-state index is 0.0934. The number of carbonyl (C=O) groups excluding carboxylic acids is 1. The molecule has 0 radical (unpaired) electrons. The van der Waals surface area contributed by atoms with Crippen LogP contribution in [0.15, 0.2) is 54.6 Å². The molecule has 2 aromatic carbocycles. The molecule has 0 aliphatic rings. The van der Waals surface area contributed by atoms with Gasteiger partial charge in [-0.05, 0) is 42.7 Å². The first-order chi connectivity index (χ1) is 10.7. The molecule has 2 aromatic rings. The summed E-state index contributed by atoms with van der Waals surface area (Å²) in [5.41, 5.74) is 3.14. The third-order valence-corrected chi connectivity index (χ3v) is 3.85. The molecule has 0 aliphatic carbocycles. The van der Waals surface area contributed by atoms with Crippen LogP contribution in [-0.4, -0.2) is 5.91 Å². The van der Waals surface area contributed by atoms with E-state index in [4.69, 9.17) is 0 Å². The minimum atomic E-state index is 0.0934. The number of amides is 1. The van der Waals surface area contributed by atoms with Crippen LogP contribution in [0.4, 0.5) is 11.4 Å². The molecule has 0 spiro atoms. The van der Waals surface area contributed by atoms with Gasteiger partial charge in [-0.2, -0.15) is 0 Å². The average molecular weight is 296 g/mol. The van der Waals surface area contributed by atoms with E-state index in [0.717, 1.165) is 30.8 Å². The van der Waals surface area contributed by atoms with Gasteiger partial charge in [0.05, 0.1) is 0 Å². The van der Waals surface area contributed by atoms with Crippen molar-refractivity contribution in [2.24, 2.45) is 5.92 Å². The Morgan fingerprint density at radius 1 is 0.909 bits per heavy atom. The lowest BCUT2D eigenvalue weighted by atomic mass is 10.0. The van der Waals surface area contributed by atoms with E-state index in [1.54, 1.807) is 0 Å². The summed E-state index contributed by atoms with van der Waals surface area (Å²) in [6, 6.07) is 18.1. The SMILES string of the molecule is CCC(CC)C(=O)Nc1ccc(NCc2ccccc2)cc1. The van der Waals surface area contributed by atoms with Crippen molar-refractivity contribution in [2.75, 3.05) is 10.6 Å². The van der Waals surface area contributed by atoms with E-state index >= 15 is 0 Å². The van der Waals surface area contributed by atoms with Crippen LogP contribution in [0.25, 0.3) is 0 Å². The quantitative estimate of drug-likeness (QED) is 0.779. The lowest BCUT2D eigenvalue weighted by molar-refractivity contribution is -0.120. The summed E-state index contributed by atoms with van der Waals surface area (Å²) >= 11 is 0. The molecule has 2 N–H and O–H groups in total. The zero-order chi connectivity index (χ0) is 15.8. The molecular formula is C19H24N2O. The Bertz CT molecular complexity index is 574. The summed E-state index contributed by atoms with van der Waals surface area (Å²) in [4.78, 5) is 12.0. The zero-order valence-electron chi connectivity index (χ0n) is 13.3. The highest BCUT2D eigenvalue weighted by Crippen LogP contribution is 2.17. The molecule has 0 unspecified atom stereocenters. The van der Waals surface area contributed by atoms with Crippen molar-refractivity contribution in [1.82, 2.24) is 0 Å². The Hall–Kier alpha value is -2.29. The van der Waals surface area contributed by atoms with E-state index in [0.29, 0.717) is 0 Å². The molecule has 0 bridgehead atoms. The van der Waals surface area contributed by atoms with Crippen LogP contribution in [0.1, 0.15) is 32.3 Å². The Labute approximate surface area is 132 Å². The molecule has 1 amide bonds. The third-order valence-electron chi connectivity index (χ3n) is 3.85. The highest BCUT2D eigenvalue weighted by molar-refractivity contribution is 5.92. The van der Waals surface area contributed by atoms with Gasteiger partial charge in [-0.3, -0.25) is 4.79 Å². The van der Waals surface area contributed by atoms with E-state index in [1.165, 1.54) is 5.56 Å². The maximum Gasteiger partial charge on any atom is 0.227 e. The first kappa shape index (κ1) is 16.1. The van der Waals surface area contributed by atoms with Gasteiger partial charge >= 0.3 is 0 Å². The van der Waals surface area contributed by atoms with E-state index in [2.05, 4.69) is 22.8 Å². The van der Waals surface area contributed by atoms with Gasteiger partial charge < -0.3 is 10.6 Å². The van der Waals surface area contributed by atoms with Crippen molar-refractivity contribution in [1.29, 1.82) is 0 Å². The monoisotopic (exact) mass is 296 g/mol. The van der Waals surface area contributed by atoms with Crippen LogP contribution >= 0.6 is 0 Å². The van der Waals surface area contributed by atoms with Crippen molar-refractivity contribution in [3.8, 4) is 0 Å². The lowest BCUT2D eigenvalue weighted by Gasteiger charge is -2.13. The largest absolute Gasteiger partial charge is 0.381 e. The van der Waals surface area contributed by atoms with E-state index < -0.39 is 0 Å². The predicted molar refractivity (Wildman–Crippen MR) is 92.9 cm³/mol. The molecule has 116 valence electrons. The van der Waals surface area contributed by atoms with Crippen LogP contribution in [0.2, 0.25) is 0 Å². The van der Waals surface area contributed by atoms with Crippen molar-refractivity contribution < 1.29 is 4.79 Å². The Kier molecular flexibility index (Phi) is 6.01. The summed E-state index contributed by atoms with van der Waals surface area (Å²) in [6.07, 6.45) is 1.75. The molecule has 0 saturated carbocycles.